The average molecular weight is 342 g/mol. The maximum absolute atomic E-state index is 13.8. The number of hydrogen-bond donors (Lipinski definition) is 1. The van der Waals surface area contributed by atoms with Crippen molar-refractivity contribution in [1.82, 2.24) is 4.98 Å². The lowest BCUT2D eigenvalue weighted by atomic mass is 10.0. The first kappa shape index (κ1) is 16.3. The van der Waals surface area contributed by atoms with E-state index in [-0.39, 0.29) is 5.82 Å². The second-order valence-corrected chi connectivity index (χ2v) is 6.23. The molecule has 4 rings (SSSR count). The number of fused-ring (bicyclic) bond motifs is 1. The highest BCUT2D eigenvalue weighted by Gasteiger charge is 2.05. The molecule has 0 aliphatic heterocycles. The lowest BCUT2D eigenvalue weighted by Gasteiger charge is -2.10. The monoisotopic (exact) mass is 342 g/mol. The molecule has 26 heavy (non-hydrogen) atoms. The zero-order valence-corrected chi connectivity index (χ0v) is 14.3. The maximum Gasteiger partial charge on any atom is 0.149 e. The zero-order valence-electron chi connectivity index (χ0n) is 14.3. The largest absolute Gasteiger partial charge is 0.384 e. The minimum absolute atomic E-state index is 0.289. The van der Waals surface area contributed by atoms with Crippen molar-refractivity contribution in [2.75, 3.05) is 11.9 Å². The standard InChI is InChI=1S/C23H19FN2/c24-21-8-4-7-20-22(14-16-26-23(20)21)25-15-13-17-9-11-19(12-10-17)18-5-2-1-3-6-18/h1-12,14,16H,13,15H2,(H,25,26). The van der Waals surface area contributed by atoms with Gasteiger partial charge in [-0.15, -0.1) is 0 Å². The van der Waals surface area contributed by atoms with Gasteiger partial charge in [-0.3, -0.25) is 4.98 Å². The van der Waals surface area contributed by atoms with Crippen LogP contribution in [-0.2, 0) is 6.42 Å². The van der Waals surface area contributed by atoms with Gasteiger partial charge in [-0.1, -0.05) is 66.7 Å². The molecule has 0 bridgehead atoms. The Morgan fingerprint density at radius 2 is 1.54 bits per heavy atom. The van der Waals surface area contributed by atoms with Crippen molar-refractivity contribution < 1.29 is 4.39 Å². The molecule has 3 heteroatoms. The third kappa shape index (κ3) is 3.42. The van der Waals surface area contributed by atoms with E-state index in [0.717, 1.165) is 24.0 Å². The minimum Gasteiger partial charge on any atom is -0.384 e. The molecule has 0 unspecified atom stereocenters. The second-order valence-electron chi connectivity index (χ2n) is 6.23. The van der Waals surface area contributed by atoms with Crippen molar-refractivity contribution >= 4 is 16.6 Å². The van der Waals surface area contributed by atoms with Gasteiger partial charge in [0.1, 0.15) is 11.3 Å². The highest BCUT2D eigenvalue weighted by Crippen LogP contribution is 2.23. The SMILES string of the molecule is Fc1cccc2c(NCCc3ccc(-c4ccccc4)cc3)ccnc12. The highest BCUT2D eigenvalue weighted by molar-refractivity contribution is 5.91. The molecule has 0 aliphatic carbocycles. The lowest BCUT2D eigenvalue weighted by molar-refractivity contribution is 0.637. The van der Waals surface area contributed by atoms with E-state index in [4.69, 9.17) is 0 Å². The molecular formula is C23H19FN2. The summed E-state index contributed by atoms with van der Waals surface area (Å²) >= 11 is 0. The molecule has 0 aliphatic rings. The van der Waals surface area contributed by atoms with Gasteiger partial charge in [-0.25, -0.2) is 4.39 Å². The molecule has 0 radical (unpaired) electrons. The van der Waals surface area contributed by atoms with Gasteiger partial charge in [0.05, 0.1) is 0 Å². The topological polar surface area (TPSA) is 24.9 Å². The number of para-hydroxylation sites is 1. The van der Waals surface area contributed by atoms with Crippen molar-refractivity contribution in [3.63, 3.8) is 0 Å². The maximum atomic E-state index is 13.8. The summed E-state index contributed by atoms with van der Waals surface area (Å²) in [4.78, 5) is 4.13. The van der Waals surface area contributed by atoms with E-state index in [1.54, 1.807) is 12.3 Å². The van der Waals surface area contributed by atoms with E-state index in [0.29, 0.717) is 5.52 Å². The van der Waals surface area contributed by atoms with E-state index in [9.17, 15) is 4.39 Å². The first-order chi connectivity index (χ1) is 12.8. The fourth-order valence-corrected chi connectivity index (χ4v) is 3.13. The quantitative estimate of drug-likeness (QED) is 0.503. The van der Waals surface area contributed by atoms with Crippen LogP contribution in [0.2, 0.25) is 0 Å². The van der Waals surface area contributed by atoms with Gasteiger partial charge < -0.3 is 5.32 Å². The first-order valence-electron chi connectivity index (χ1n) is 8.73. The van der Waals surface area contributed by atoms with Crippen molar-refractivity contribution in [1.29, 1.82) is 0 Å². The summed E-state index contributed by atoms with van der Waals surface area (Å²) in [5, 5.41) is 4.21. The number of anilines is 1. The summed E-state index contributed by atoms with van der Waals surface area (Å²) < 4.78 is 13.8. The van der Waals surface area contributed by atoms with Crippen LogP contribution in [0.4, 0.5) is 10.1 Å². The fraction of sp³-hybridized carbons (Fsp3) is 0.0870. The molecule has 0 saturated heterocycles. The Labute approximate surface area is 152 Å². The van der Waals surface area contributed by atoms with Crippen LogP contribution >= 0.6 is 0 Å². The van der Waals surface area contributed by atoms with Gasteiger partial charge >= 0.3 is 0 Å². The summed E-state index contributed by atoms with van der Waals surface area (Å²) in [6.45, 7) is 0.778. The molecule has 0 fully saturated rings. The van der Waals surface area contributed by atoms with Crippen molar-refractivity contribution in [2.24, 2.45) is 0 Å². The van der Waals surface area contributed by atoms with E-state index < -0.39 is 0 Å². The predicted molar refractivity (Wildman–Crippen MR) is 106 cm³/mol. The molecule has 0 amide bonds. The van der Waals surface area contributed by atoms with Crippen molar-refractivity contribution in [2.45, 2.75) is 6.42 Å². The van der Waals surface area contributed by atoms with Crippen LogP contribution in [0.5, 0.6) is 0 Å². The van der Waals surface area contributed by atoms with Gasteiger partial charge in [-0.2, -0.15) is 0 Å². The van der Waals surface area contributed by atoms with E-state index in [1.165, 1.54) is 22.8 Å². The smallest absolute Gasteiger partial charge is 0.149 e. The number of hydrogen-bond acceptors (Lipinski definition) is 2. The van der Waals surface area contributed by atoms with Gasteiger partial charge in [0.15, 0.2) is 0 Å². The first-order valence-corrected chi connectivity index (χ1v) is 8.73. The van der Waals surface area contributed by atoms with E-state index in [1.807, 2.05) is 18.2 Å². The molecule has 4 aromatic rings. The summed E-state index contributed by atoms with van der Waals surface area (Å²) in [6, 6.07) is 25.9. The van der Waals surface area contributed by atoms with Gasteiger partial charge in [0.25, 0.3) is 0 Å². The Balaban J connectivity index is 1.43. The third-order valence-electron chi connectivity index (χ3n) is 4.51. The number of aromatic nitrogens is 1. The molecule has 0 atom stereocenters. The van der Waals surface area contributed by atoms with Crippen LogP contribution in [0.1, 0.15) is 5.56 Å². The Morgan fingerprint density at radius 3 is 2.35 bits per heavy atom. The summed E-state index contributed by atoms with van der Waals surface area (Å²) in [5.41, 5.74) is 5.03. The second kappa shape index (κ2) is 7.36. The van der Waals surface area contributed by atoms with Crippen LogP contribution in [-0.4, -0.2) is 11.5 Å². The van der Waals surface area contributed by atoms with Gasteiger partial charge in [-0.05, 0) is 35.2 Å². The number of pyridine rings is 1. The molecule has 3 aromatic carbocycles. The molecule has 0 saturated carbocycles. The van der Waals surface area contributed by atoms with Crippen LogP contribution < -0.4 is 5.32 Å². The van der Waals surface area contributed by atoms with Gasteiger partial charge in [0.2, 0.25) is 0 Å². The van der Waals surface area contributed by atoms with Crippen molar-refractivity contribution in [3.8, 4) is 11.1 Å². The summed E-state index contributed by atoms with van der Waals surface area (Å²) in [6.07, 6.45) is 2.54. The molecule has 128 valence electrons. The number of halogens is 1. The number of nitrogens with zero attached hydrogens (tertiary/aromatic N) is 1. The van der Waals surface area contributed by atoms with Crippen molar-refractivity contribution in [3.05, 3.63) is 96.4 Å². The Bertz CT molecular complexity index is 1010. The fourth-order valence-electron chi connectivity index (χ4n) is 3.13. The Hall–Kier alpha value is -3.20. The number of nitrogens with one attached hydrogen (secondary N) is 1. The number of benzene rings is 3. The van der Waals surface area contributed by atoms with Crippen LogP contribution in [0.25, 0.3) is 22.0 Å². The normalized spacial score (nSPS) is 10.8. The average Bonchev–Trinajstić information content (AvgIpc) is 2.70. The Morgan fingerprint density at radius 1 is 0.769 bits per heavy atom. The molecule has 2 nitrogen and oxygen atoms in total. The summed E-state index contributed by atoms with van der Waals surface area (Å²) in [7, 11) is 0. The predicted octanol–water partition coefficient (Wildman–Crippen LogP) is 5.70. The highest BCUT2D eigenvalue weighted by atomic mass is 19.1. The molecule has 1 aromatic heterocycles. The Kier molecular flexibility index (Phi) is 4.61. The molecule has 1 N–H and O–H groups in total. The van der Waals surface area contributed by atoms with Crippen LogP contribution in [0.15, 0.2) is 85.1 Å². The lowest BCUT2D eigenvalue weighted by Crippen LogP contribution is -2.05. The van der Waals surface area contributed by atoms with E-state index >= 15 is 0 Å². The molecular weight excluding hydrogens is 323 g/mol. The third-order valence-corrected chi connectivity index (χ3v) is 4.51. The molecule has 0 spiro atoms. The van der Waals surface area contributed by atoms with Crippen LogP contribution in [0.3, 0.4) is 0 Å². The minimum atomic E-state index is -0.289. The number of rotatable bonds is 5. The van der Waals surface area contributed by atoms with Gasteiger partial charge in [0, 0.05) is 23.8 Å². The molecule has 1 heterocycles. The zero-order chi connectivity index (χ0) is 17.8. The van der Waals surface area contributed by atoms with Crippen LogP contribution in [0, 0.1) is 5.82 Å². The van der Waals surface area contributed by atoms with E-state index in [2.05, 4.69) is 58.8 Å². The summed E-state index contributed by atoms with van der Waals surface area (Å²) in [5.74, 6) is -0.289.